The molecular weight excluding hydrogens is 453 g/mol. The molecule has 15 heteroatoms. The number of nitrogens with zero attached hydrogens (tertiary/aromatic N) is 2. The first-order chi connectivity index (χ1) is 16.1. The van der Waals surface area contributed by atoms with Gasteiger partial charge in [-0.25, -0.2) is 15.1 Å². The summed E-state index contributed by atoms with van der Waals surface area (Å²) >= 11 is 0. The molecule has 0 saturated heterocycles. The average Bonchev–Trinajstić information content (AvgIpc) is 2.73. The minimum absolute atomic E-state index is 0.0952. The largest absolute Gasteiger partial charge is 0.475 e. The Kier molecular flexibility index (Phi) is 17.7. The van der Waals surface area contributed by atoms with Crippen LogP contribution in [0.4, 0.5) is 0 Å². The van der Waals surface area contributed by atoms with Gasteiger partial charge >= 0.3 is 7.12 Å². The van der Waals surface area contributed by atoms with Crippen molar-refractivity contribution < 1.29 is 38.9 Å². The molecule has 0 aromatic carbocycles. The molecule has 2 atom stereocenters. The second-order valence-electron chi connectivity index (χ2n) is 8.03. The number of hydrogen-bond donors (Lipinski definition) is 5. The first-order valence-corrected chi connectivity index (χ1v) is 11.1. The van der Waals surface area contributed by atoms with Gasteiger partial charge in [-0.3, -0.25) is 9.59 Å². The van der Waals surface area contributed by atoms with Crippen LogP contribution < -0.4 is 16.5 Å². The number of amides is 1. The molecule has 196 valence electrons. The van der Waals surface area contributed by atoms with Crippen LogP contribution in [0.5, 0.6) is 0 Å². The van der Waals surface area contributed by atoms with E-state index in [1.165, 1.54) is 0 Å². The number of nitrogens with one attached hydrogen (secondary N) is 2. The number of Topliss-reactive ketones (excluding diaryl/α,β-unsaturated/α-hetero) is 1. The molecule has 0 saturated carbocycles. The fourth-order valence-electron chi connectivity index (χ4n) is 2.94. The highest BCUT2D eigenvalue weighted by Crippen LogP contribution is 2.15. The van der Waals surface area contributed by atoms with Gasteiger partial charge in [0.1, 0.15) is 6.61 Å². The predicted octanol–water partition coefficient (Wildman–Crippen LogP) is -1.34. The average molecular weight is 491 g/mol. The van der Waals surface area contributed by atoms with E-state index in [2.05, 4.69) is 10.3 Å². The third kappa shape index (κ3) is 17.2. The molecule has 0 aliphatic rings. The monoisotopic (exact) mass is 491 g/mol. The number of ketones is 1. The number of methoxy groups -OCH3 is 1. The normalized spacial score (nSPS) is 13.4. The molecule has 1 amide bonds. The number of hydrogen-bond acceptors (Lipinski definition) is 10. The molecule has 14 nitrogen and oxygen atoms in total. The minimum atomic E-state index is -1.75. The second kappa shape index (κ2) is 19.0. The van der Waals surface area contributed by atoms with E-state index in [1.807, 2.05) is 13.8 Å². The number of aliphatic imine (C=N–C) groups is 1. The van der Waals surface area contributed by atoms with Crippen LogP contribution in [-0.2, 0) is 23.8 Å². The maximum absolute atomic E-state index is 12.8. The van der Waals surface area contributed by atoms with Crippen molar-refractivity contribution in [1.82, 2.24) is 10.7 Å². The Labute approximate surface area is 199 Å². The van der Waals surface area contributed by atoms with Crippen LogP contribution in [-0.4, -0.2) is 92.5 Å². The summed E-state index contributed by atoms with van der Waals surface area (Å²) in [5.41, 5.74) is 7.07. The van der Waals surface area contributed by atoms with Crippen LogP contribution in [0.2, 0.25) is 0 Å². The van der Waals surface area contributed by atoms with Crippen molar-refractivity contribution in [2.75, 3.05) is 46.7 Å². The highest BCUT2D eigenvalue weighted by Gasteiger charge is 2.30. The Bertz CT molecular complexity index is 637. The summed E-state index contributed by atoms with van der Waals surface area (Å²) in [6.45, 7) is 5.01. The number of guanidine groups is 1. The van der Waals surface area contributed by atoms with Crippen molar-refractivity contribution in [3.8, 4) is 0 Å². The maximum Gasteiger partial charge on any atom is 0.475 e. The van der Waals surface area contributed by atoms with Gasteiger partial charge in [-0.05, 0) is 25.2 Å². The van der Waals surface area contributed by atoms with Crippen molar-refractivity contribution in [3.05, 3.63) is 10.1 Å². The summed E-state index contributed by atoms with van der Waals surface area (Å²) in [6, 6.07) is 0. The Morgan fingerprint density at radius 1 is 1.18 bits per heavy atom. The lowest BCUT2D eigenvalue weighted by atomic mass is 9.74. The van der Waals surface area contributed by atoms with E-state index in [0.29, 0.717) is 32.7 Å². The topological polar surface area (TPSA) is 208 Å². The van der Waals surface area contributed by atoms with E-state index in [4.69, 9.17) is 19.9 Å². The zero-order chi connectivity index (χ0) is 25.9. The molecule has 0 aliphatic carbocycles. The van der Waals surface area contributed by atoms with Gasteiger partial charge in [0, 0.05) is 26.0 Å². The maximum atomic E-state index is 12.8. The molecule has 0 aliphatic heterocycles. The van der Waals surface area contributed by atoms with Gasteiger partial charge in [0.15, 0.2) is 10.8 Å². The van der Waals surface area contributed by atoms with Gasteiger partial charge < -0.3 is 35.3 Å². The van der Waals surface area contributed by atoms with Crippen LogP contribution >= 0.6 is 0 Å². The van der Waals surface area contributed by atoms with Crippen molar-refractivity contribution in [2.24, 2.45) is 22.6 Å². The molecular formula is C19H38BN5O9. The summed E-state index contributed by atoms with van der Waals surface area (Å²) in [5, 5.41) is 31.3. The second-order valence-corrected chi connectivity index (χ2v) is 8.03. The van der Waals surface area contributed by atoms with Gasteiger partial charge in [0.2, 0.25) is 5.91 Å². The van der Waals surface area contributed by atoms with Crippen LogP contribution in [0.3, 0.4) is 0 Å². The summed E-state index contributed by atoms with van der Waals surface area (Å²) in [7, 11) is -0.191. The number of nitrogens with two attached hydrogens (primary N) is 1. The number of ether oxygens (including phenoxy) is 3. The molecule has 0 aromatic rings. The Morgan fingerprint density at radius 2 is 1.82 bits per heavy atom. The molecule has 0 heterocycles. The highest BCUT2D eigenvalue weighted by atomic mass is 16.7. The van der Waals surface area contributed by atoms with Gasteiger partial charge in [0.25, 0.3) is 5.96 Å². The molecule has 0 unspecified atom stereocenters. The lowest BCUT2D eigenvalue weighted by Gasteiger charge is -2.23. The molecule has 0 bridgehead atoms. The molecule has 6 N–H and O–H groups in total. The van der Waals surface area contributed by atoms with Gasteiger partial charge in [0.05, 0.1) is 32.4 Å². The first kappa shape index (κ1) is 31.7. The number of carbonyl (C=O) groups excluding carboxylic acids is 2. The third-order valence-corrected chi connectivity index (χ3v) is 4.52. The molecule has 34 heavy (non-hydrogen) atoms. The Balaban J connectivity index is 4.86. The van der Waals surface area contributed by atoms with Crippen molar-refractivity contribution in [3.63, 3.8) is 0 Å². The lowest BCUT2D eigenvalue weighted by Crippen LogP contribution is -2.49. The number of hydrazine groups is 1. The van der Waals surface area contributed by atoms with E-state index < -0.39 is 29.9 Å². The third-order valence-electron chi connectivity index (χ3n) is 4.52. The Morgan fingerprint density at radius 3 is 2.41 bits per heavy atom. The van der Waals surface area contributed by atoms with Crippen molar-refractivity contribution in [1.29, 1.82) is 0 Å². The minimum Gasteiger partial charge on any atom is -0.426 e. The molecule has 0 aromatic heterocycles. The fraction of sp³-hybridized carbons (Fsp3) is 0.842. The summed E-state index contributed by atoms with van der Waals surface area (Å²) in [4.78, 5) is 39.3. The number of nitro groups is 1. The van der Waals surface area contributed by atoms with Crippen LogP contribution in [0.25, 0.3) is 0 Å². The highest BCUT2D eigenvalue weighted by molar-refractivity contribution is 6.43. The van der Waals surface area contributed by atoms with E-state index in [9.17, 15) is 29.8 Å². The summed E-state index contributed by atoms with van der Waals surface area (Å²) < 4.78 is 15.4. The van der Waals surface area contributed by atoms with Crippen LogP contribution in [0.1, 0.15) is 39.5 Å². The van der Waals surface area contributed by atoms with E-state index >= 15 is 0 Å². The predicted molar refractivity (Wildman–Crippen MR) is 124 cm³/mol. The van der Waals surface area contributed by atoms with Crippen LogP contribution in [0, 0.1) is 22.0 Å². The smallest absolute Gasteiger partial charge is 0.426 e. The van der Waals surface area contributed by atoms with Gasteiger partial charge in [-0.2, -0.15) is 0 Å². The molecule has 0 spiro atoms. The number of carbonyl (C=O) groups is 2. The lowest BCUT2D eigenvalue weighted by molar-refractivity contribution is -0.525. The van der Waals surface area contributed by atoms with E-state index in [0.717, 1.165) is 0 Å². The SMILES string of the molecule is COCCOCCOCC(=O)C[C@@H](CCCN=C(N)N[N+](=O)[O-])C(=O)N[C@@H](CC(C)C)B(O)O. The molecule has 0 rings (SSSR count). The quantitative estimate of drug-likeness (QED) is 0.0336. The number of rotatable bonds is 20. The zero-order valence-electron chi connectivity index (χ0n) is 20.1. The molecule has 0 radical (unpaired) electrons. The summed E-state index contributed by atoms with van der Waals surface area (Å²) in [5.74, 6) is -2.75. The van der Waals surface area contributed by atoms with Gasteiger partial charge in [-0.15, -0.1) is 0 Å². The standard InChI is InChI=1S/C19H38BN5O9/c1-14(2)11-17(20(28)29)23-18(27)15(5-4-6-22-19(21)24-25(30)31)12-16(26)13-34-10-9-33-8-7-32-3/h14-15,17,28-29H,4-13H2,1-3H3,(H,23,27)(H3,21,22,24)/t15-,17+/m1/s1. The van der Waals surface area contributed by atoms with Gasteiger partial charge in [-0.1, -0.05) is 19.3 Å². The fourth-order valence-corrected chi connectivity index (χ4v) is 2.94. The zero-order valence-corrected chi connectivity index (χ0v) is 20.1. The Hall–Kier alpha value is -2.33. The van der Waals surface area contributed by atoms with Crippen molar-refractivity contribution in [2.45, 2.75) is 45.5 Å². The van der Waals surface area contributed by atoms with Crippen LogP contribution in [0.15, 0.2) is 4.99 Å². The summed E-state index contributed by atoms with van der Waals surface area (Å²) in [6.07, 6.45) is 0.751. The van der Waals surface area contributed by atoms with Crippen molar-refractivity contribution >= 4 is 24.8 Å². The first-order valence-electron chi connectivity index (χ1n) is 11.1. The van der Waals surface area contributed by atoms with E-state index in [1.54, 1.807) is 12.5 Å². The molecule has 0 fully saturated rings. The van der Waals surface area contributed by atoms with E-state index in [-0.39, 0.29) is 50.3 Å².